The van der Waals surface area contributed by atoms with Crippen molar-refractivity contribution in [2.75, 3.05) is 23.3 Å². The Kier molecular flexibility index (Phi) is 4.33. The van der Waals surface area contributed by atoms with E-state index in [0.717, 1.165) is 4.31 Å². The number of nitrogens with zero attached hydrogens (tertiary/aromatic N) is 1. The molecule has 0 saturated heterocycles. The number of rotatable bonds is 3. The summed E-state index contributed by atoms with van der Waals surface area (Å²) in [6.45, 7) is -0.348. The molecule has 24 heavy (non-hydrogen) atoms. The Hall–Kier alpha value is -1.96. The molecule has 1 aliphatic heterocycles. The first-order chi connectivity index (χ1) is 11.4. The van der Waals surface area contributed by atoms with Crippen molar-refractivity contribution in [2.45, 2.75) is 4.90 Å². The number of amides is 1. The van der Waals surface area contributed by atoms with Crippen LogP contribution in [-0.4, -0.2) is 28.0 Å². The van der Waals surface area contributed by atoms with Crippen LogP contribution in [0.15, 0.2) is 41.3 Å². The molecule has 1 heterocycles. The van der Waals surface area contributed by atoms with E-state index in [2.05, 4.69) is 5.32 Å². The molecule has 126 valence electrons. The van der Waals surface area contributed by atoms with Crippen molar-refractivity contribution in [3.63, 3.8) is 0 Å². The number of ether oxygens (including phenoxy) is 1. The van der Waals surface area contributed by atoms with Gasteiger partial charge in [-0.3, -0.25) is 9.10 Å². The third kappa shape index (κ3) is 2.68. The van der Waals surface area contributed by atoms with Gasteiger partial charge in [0.1, 0.15) is 22.2 Å². The predicted octanol–water partition coefficient (Wildman–Crippen LogP) is 3.15. The van der Waals surface area contributed by atoms with E-state index in [-0.39, 0.29) is 27.2 Å². The Morgan fingerprint density at radius 1 is 1.12 bits per heavy atom. The number of halogens is 2. The third-order valence-electron chi connectivity index (χ3n) is 3.53. The van der Waals surface area contributed by atoms with Gasteiger partial charge in [-0.05, 0) is 24.3 Å². The Labute approximate surface area is 149 Å². The zero-order valence-corrected chi connectivity index (χ0v) is 14.7. The number of sulfonamides is 1. The molecular formula is C15H12Cl2N2O4S. The molecule has 0 fully saturated rings. The molecule has 0 bridgehead atoms. The van der Waals surface area contributed by atoms with Gasteiger partial charge in [-0.25, -0.2) is 8.42 Å². The lowest BCUT2D eigenvalue weighted by Gasteiger charge is -2.30. The molecule has 0 unspecified atom stereocenters. The number of carbonyl (C=O) groups is 1. The SMILES string of the molecule is COc1ccc(S(=O)(=O)N2CC(=O)Nc3ccccc32)c(Cl)c1Cl. The molecule has 1 aliphatic rings. The second-order valence-electron chi connectivity index (χ2n) is 4.97. The van der Waals surface area contributed by atoms with Crippen LogP contribution < -0.4 is 14.4 Å². The molecule has 0 saturated carbocycles. The number of fused-ring (bicyclic) bond motifs is 1. The van der Waals surface area contributed by atoms with Gasteiger partial charge in [-0.2, -0.15) is 0 Å². The van der Waals surface area contributed by atoms with Gasteiger partial charge in [-0.1, -0.05) is 35.3 Å². The fourth-order valence-corrected chi connectivity index (χ4v) is 4.66. The smallest absolute Gasteiger partial charge is 0.266 e. The van der Waals surface area contributed by atoms with Crippen LogP contribution in [-0.2, 0) is 14.8 Å². The van der Waals surface area contributed by atoms with Crippen LogP contribution in [0.1, 0.15) is 0 Å². The first-order valence-electron chi connectivity index (χ1n) is 6.80. The van der Waals surface area contributed by atoms with Crippen LogP contribution in [0.2, 0.25) is 10.0 Å². The minimum Gasteiger partial charge on any atom is -0.495 e. The van der Waals surface area contributed by atoms with Crippen LogP contribution in [0, 0.1) is 0 Å². The minimum absolute atomic E-state index is 0.00464. The van der Waals surface area contributed by atoms with Crippen LogP contribution in [0.25, 0.3) is 0 Å². The Bertz CT molecular complexity index is 931. The van der Waals surface area contributed by atoms with E-state index >= 15 is 0 Å². The average Bonchev–Trinajstić information content (AvgIpc) is 2.56. The quantitative estimate of drug-likeness (QED) is 0.878. The summed E-state index contributed by atoms with van der Waals surface area (Å²) in [5.41, 5.74) is 0.771. The number of anilines is 2. The van der Waals surface area contributed by atoms with E-state index in [4.69, 9.17) is 27.9 Å². The number of methoxy groups -OCH3 is 1. The summed E-state index contributed by atoms with van der Waals surface area (Å²) in [5.74, 6) is -0.176. The summed E-state index contributed by atoms with van der Waals surface area (Å²) in [5, 5.41) is 2.48. The van der Waals surface area contributed by atoms with Gasteiger partial charge in [0.2, 0.25) is 5.91 Å². The topological polar surface area (TPSA) is 75.7 Å². The molecule has 0 aliphatic carbocycles. The van der Waals surface area contributed by atoms with E-state index in [1.165, 1.54) is 19.2 Å². The summed E-state index contributed by atoms with van der Waals surface area (Å²) in [4.78, 5) is 11.7. The first-order valence-corrected chi connectivity index (χ1v) is 8.99. The van der Waals surface area contributed by atoms with E-state index in [9.17, 15) is 13.2 Å². The van der Waals surface area contributed by atoms with E-state index in [1.54, 1.807) is 24.3 Å². The largest absolute Gasteiger partial charge is 0.495 e. The van der Waals surface area contributed by atoms with E-state index < -0.39 is 15.9 Å². The van der Waals surface area contributed by atoms with Gasteiger partial charge in [0, 0.05) is 0 Å². The number of benzene rings is 2. The molecule has 1 amide bonds. The monoisotopic (exact) mass is 386 g/mol. The lowest BCUT2D eigenvalue weighted by Crippen LogP contribution is -2.42. The summed E-state index contributed by atoms with van der Waals surface area (Å²) >= 11 is 12.2. The van der Waals surface area contributed by atoms with Crippen molar-refractivity contribution >= 4 is 50.5 Å². The fraction of sp³-hybridized carbons (Fsp3) is 0.133. The van der Waals surface area contributed by atoms with Crippen molar-refractivity contribution in [1.29, 1.82) is 0 Å². The maximum atomic E-state index is 13.0. The molecule has 0 atom stereocenters. The first kappa shape index (κ1) is 16.9. The predicted molar refractivity (Wildman–Crippen MR) is 92.6 cm³/mol. The number of carbonyl (C=O) groups excluding carboxylic acids is 1. The highest BCUT2D eigenvalue weighted by Gasteiger charge is 2.34. The van der Waals surface area contributed by atoms with Gasteiger partial charge >= 0.3 is 0 Å². The number of hydrogen-bond acceptors (Lipinski definition) is 4. The molecule has 6 nitrogen and oxygen atoms in total. The Morgan fingerprint density at radius 2 is 1.83 bits per heavy atom. The lowest BCUT2D eigenvalue weighted by atomic mass is 10.2. The van der Waals surface area contributed by atoms with Gasteiger partial charge < -0.3 is 10.1 Å². The highest BCUT2D eigenvalue weighted by atomic mass is 35.5. The molecule has 0 spiro atoms. The Morgan fingerprint density at radius 3 is 2.54 bits per heavy atom. The second-order valence-corrected chi connectivity index (χ2v) is 7.56. The van der Waals surface area contributed by atoms with Gasteiger partial charge in [-0.15, -0.1) is 0 Å². The highest BCUT2D eigenvalue weighted by molar-refractivity contribution is 7.93. The van der Waals surface area contributed by atoms with E-state index in [0.29, 0.717) is 11.4 Å². The number of para-hydroxylation sites is 2. The Balaban J connectivity index is 2.16. The maximum Gasteiger partial charge on any atom is 0.266 e. The van der Waals surface area contributed by atoms with Gasteiger partial charge in [0.05, 0.1) is 23.5 Å². The third-order valence-corrected chi connectivity index (χ3v) is 6.31. The zero-order chi connectivity index (χ0) is 17.5. The van der Waals surface area contributed by atoms with Crippen molar-refractivity contribution < 1.29 is 17.9 Å². The molecule has 9 heteroatoms. The lowest BCUT2D eigenvalue weighted by molar-refractivity contribution is -0.115. The second kappa shape index (κ2) is 6.16. The van der Waals surface area contributed by atoms with Crippen molar-refractivity contribution in [3.8, 4) is 5.75 Å². The number of nitrogens with one attached hydrogen (secondary N) is 1. The molecule has 3 rings (SSSR count). The van der Waals surface area contributed by atoms with E-state index in [1.807, 2.05) is 0 Å². The highest BCUT2D eigenvalue weighted by Crippen LogP contribution is 2.40. The molecule has 2 aromatic carbocycles. The van der Waals surface area contributed by atoms with Crippen LogP contribution >= 0.6 is 23.2 Å². The summed E-state index contributed by atoms with van der Waals surface area (Å²) in [6.07, 6.45) is 0. The minimum atomic E-state index is -4.09. The van der Waals surface area contributed by atoms with Crippen LogP contribution in [0.3, 0.4) is 0 Å². The summed E-state index contributed by atoms with van der Waals surface area (Å²) < 4.78 is 32.1. The molecule has 0 radical (unpaired) electrons. The average molecular weight is 387 g/mol. The van der Waals surface area contributed by atoms with Crippen molar-refractivity contribution in [3.05, 3.63) is 46.4 Å². The standard InChI is InChI=1S/C15H12Cl2N2O4S/c1-23-11-6-7-12(15(17)14(11)16)24(21,22)19-8-13(20)18-9-4-2-3-5-10(9)19/h2-7H,8H2,1H3,(H,18,20). The van der Waals surface area contributed by atoms with Crippen LogP contribution in [0.4, 0.5) is 11.4 Å². The zero-order valence-electron chi connectivity index (χ0n) is 12.4. The summed E-state index contributed by atoms with van der Waals surface area (Å²) in [7, 11) is -2.69. The van der Waals surface area contributed by atoms with Crippen molar-refractivity contribution in [2.24, 2.45) is 0 Å². The van der Waals surface area contributed by atoms with Crippen molar-refractivity contribution in [1.82, 2.24) is 0 Å². The molecular weight excluding hydrogens is 375 g/mol. The van der Waals surface area contributed by atoms with Gasteiger partial charge in [0.25, 0.3) is 10.0 Å². The fourth-order valence-electron chi connectivity index (χ4n) is 2.41. The molecule has 0 aromatic heterocycles. The summed E-state index contributed by atoms with van der Waals surface area (Å²) in [6, 6.07) is 9.32. The maximum absolute atomic E-state index is 13.0. The van der Waals surface area contributed by atoms with Crippen LogP contribution in [0.5, 0.6) is 5.75 Å². The molecule has 2 aromatic rings. The number of hydrogen-bond donors (Lipinski definition) is 1. The van der Waals surface area contributed by atoms with Gasteiger partial charge in [0.15, 0.2) is 0 Å². The normalized spacial score (nSPS) is 14.1. The molecule has 1 N–H and O–H groups in total.